The van der Waals surface area contributed by atoms with Crippen LogP contribution in [0.15, 0.2) is 53.0 Å². The number of esters is 1. The number of ether oxygens (including phenoxy) is 1. The van der Waals surface area contributed by atoms with Crippen LogP contribution in [0.1, 0.15) is 10.4 Å². The first-order valence-corrected chi connectivity index (χ1v) is 7.66. The zero-order valence-electron chi connectivity index (χ0n) is 12.4. The van der Waals surface area contributed by atoms with Gasteiger partial charge in [0.15, 0.2) is 6.61 Å². The molecule has 2 rings (SSSR count). The number of hydrogen-bond acceptors (Lipinski definition) is 4. The van der Waals surface area contributed by atoms with E-state index in [1.165, 1.54) is 11.0 Å². The number of anilines is 1. The van der Waals surface area contributed by atoms with Crippen LogP contribution in [-0.4, -0.2) is 25.0 Å². The van der Waals surface area contributed by atoms with E-state index < -0.39 is 24.3 Å². The minimum atomic E-state index is -0.764. The third-order valence-electron chi connectivity index (χ3n) is 3.08. The molecule has 0 aliphatic carbocycles. The minimum Gasteiger partial charge on any atom is -0.452 e. The van der Waals surface area contributed by atoms with Gasteiger partial charge in [0, 0.05) is 10.2 Å². The van der Waals surface area contributed by atoms with Gasteiger partial charge in [0.25, 0.3) is 5.91 Å². The highest BCUT2D eigenvalue weighted by atomic mass is 79.9. The molecule has 0 saturated carbocycles. The highest BCUT2D eigenvalue weighted by Gasteiger charge is 2.19. The van der Waals surface area contributed by atoms with E-state index in [4.69, 9.17) is 10.00 Å². The smallest absolute Gasteiger partial charge is 0.339 e. The number of nitriles is 1. The van der Waals surface area contributed by atoms with Crippen molar-refractivity contribution < 1.29 is 18.7 Å². The Morgan fingerprint density at radius 1 is 1.21 bits per heavy atom. The molecule has 2 aromatic rings. The maximum Gasteiger partial charge on any atom is 0.339 e. The van der Waals surface area contributed by atoms with Crippen molar-refractivity contribution in [2.45, 2.75) is 0 Å². The van der Waals surface area contributed by atoms with Gasteiger partial charge in [0.2, 0.25) is 0 Å². The van der Waals surface area contributed by atoms with Gasteiger partial charge in [-0.05, 0) is 46.3 Å². The summed E-state index contributed by atoms with van der Waals surface area (Å²) in [6.07, 6.45) is 0. The lowest BCUT2D eigenvalue weighted by molar-refractivity contribution is -0.121. The fourth-order valence-electron chi connectivity index (χ4n) is 1.94. The summed E-state index contributed by atoms with van der Waals surface area (Å²) in [5.41, 5.74) is 0.638. The molecule has 0 aromatic heterocycles. The average molecular weight is 391 g/mol. The van der Waals surface area contributed by atoms with E-state index in [2.05, 4.69) is 15.9 Å². The Morgan fingerprint density at radius 3 is 2.54 bits per heavy atom. The summed E-state index contributed by atoms with van der Waals surface area (Å²) in [6.45, 7) is -0.695. The summed E-state index contributed by atoms with van der Waals surface area (Å²) in [6, 6.07) is 14.0. The van der Waals surface area contributed by atoms with Crippen molar-refractivity contribution in [3.63, 3.8) is 0 Å². The molecular weight excluding hydrogens is 379 g/mol. The van der Waals surface area contributed by atoms with Gasteiger partial charge in [-0.2, -0.15) is 5.26 Å². The molecule has 122 valence electrons. The number of halogens is 2. The second-order valence-corrected chi connectivity index (χ2v) is 5.53. The second-order valence-electron chi connectivity index (χ2n) is 4.67. The van der Waals surface area contributed by atoms with Gasteiger partial charge in [-0.3, -0.25) is 9.69 Å². The van der Waals surface area contributed by atoms with Crippen molar-refractivity contribution in [3.8, 4) is 6.07 Å². The number of rotatable bonds is 5. The third-order valence-corrected chi connectivity index (χ3v) is 3.73. The molecule has 0 fully saturated rings. The van der Waals surface area contributed by atoms with Crippen LogP contribution in [0.3, 0.4) is 0 Å². The van der Waals surface area contributed by atoms with Gasteiger partial charge in [-0.1, -0.05) is 18.2 Å². The van der Waals surface area contributed by atoms with Crippen LogP contribution in [0.25, 0.3) is 0 Å². The van der Waals surface area contributed by atoms with E-state index in [0.717, 1.165) is 12.1 Å². The molecule has 0 heterocycles. The van der Waals surface area contributed by atoms with Crippen LogP contribution in [0.2, 0.25) is 0 Å². The molecule has 5 nitrogen and oxygen atoms in total. The van der Waals surface area contributed by atoms with Crippen molar-refractivity contribution in [3.05, 3.63) is 64.4 Å². The molecule has 24 heavy (non-hydrogen) atoms. The second kappa shape index (κ2) is 8.22. The Labute approximate surface area is 146 Å². The Morgan fingerprint density at radius 2 is 1.92 bits per heavy atom. The highest BCUT2D eigenvalue weighted by molar-refractivity contribution is 9.10. The number of nitrogens with zero attached hydrogens (tertiary/aromatic N) is 2. The first-order valence-electron chi connectivity index (χ1n) is 6.87. The van der Waals surface area contributed by atoms with Crippen molar-refractivity contribution in [1.82, 2.24) is 0 Å². The van der Waals surface area contributed by atoms with E-state index in [1.807, 2.05) is 6.07 Å². The van der Waals surface area contributed by atoms with Gasteiger partial charge < -0.3 is 4.74 Å². The maximum atomic E-state index is 13.0. The molecule has 2 aromatic carbocycles. The fraction of sp³-hybridized carbons (Fsp3) is 0.118. The molecule has 0 radical (unpaired) electrons. The number of carbonyl (C=O) groups is 2. The molecule has 1 amide bonds. The zero-order valence-corrected chi connectivity index (χ0v) is 14.0. The van der Waals surface area contributed by atoms with Crippen molar-refractivity contribution in [2.75, 3.05) is 18.1 Å². The van der Waals surface area contributed by atoms with Crippen LogP contribution in [0, 0.1) is 17.1 Å². The van der Waals surface area contributed by atoms with E-state index >= 15 is 0 Å². The van der Waals surface area contributed by atoms with E-state index in [9.17, 15) is 14.0 Å². The molecule has 0 atom stereocenters. The third kappa shape index (κ3) is 4.40. The molecule has 0 N–H and O–H groups in total. The largest absolute Gasteiger partial charge is 0.452 e. The predicted octanol–water partition coefficient (Wildman–Crippen LogP) is 3.30. The summed E-state index contributed by atoms with van der Waals surface area (Å²) < 4.78 is 18.2. The lowest BCUT2D eigenvalue weighted by Crippen LogP contribution is -2.35. The van der Waals surface area contributed by atoms with Crippen LogP contribution < -0.4 is 4.90 Å². The Balaban J connectivity index is 2.05. The fourth-order valence-corrected chi connectivity index (χ4v) is 2.45. The summed E-state index contributed by atoms with van der Waals surface area (Å²) in [4.78, 5) is 25.4. The standard InChI is InChI=1S/C17H12BrFN2O3/c18-15-10-12(19)6-7-14(15)17(23)24-11-16(22)21(9-8-20)13-4-2-1-3-5-13/h1-7,10H,9,11H2. The molecule has 0 saturated heterocycles. The first kappa shape index (κ1) is 17.6. The van der Waals surface area contributed by atoms with Gasteiger partial charge in [0.05, 0.1) is 11.6 Å². The zero-order chi connectivity index (χ0) is 17.5. The summed E-state index contributed by atoms with van der Waals surface area (Å²) in [5, 5.41) is 8.87. The molecule has 0 aliphatic rings. The molecular formula is C17H12BrFN2O3. The topological polar surface area (TPSA) is 70.4 Å². The summed E-state index contributed by atoms with van der Waals surface area (Å²) in [7, 11) is 0. The number of para-hydroxylation sites is 1. The lowest BCUT2D eigenvalue weighted by atomic mass is 10.2. The SMILES string of the molecule is N#CCN(C(=O)COC(=O)c1ccc(F)cc1Br)c1ccccc1. The highest BCUT2D eigenvalue weighted by Crippen LogP contribution is 2.19. The number of carbonyl (C=O) groups excluding carboxylic acids is 2. The molecule has 0 aliphatic heterocycles. The normalized spacial score (nSPS) is 9.88. The van der Waals surface area contributed by atoms with Gasteiger partial charge in [0.1, 0.15) is 12.4 Å². The average Bonchev–Trinajstić information content (AvgIpc) is 2.58. The molecule has 7 heteroatoms. The van der Waals surface area contributed by atoms with Crippen LogP contribution in [-0.2, 0) is 9.53 Å². The quantitative estimate of drug-likeness (QED) is 0.579. The van der Waals surface area contributed by atoms with Crippen LogP contribution in [0.5, 0.6) is 0 Å². The monoisotopic (exact) mass is 390 g/mol. The van der Waals surface area contributed by atoms with Crippen LogP contribution >= 0.6 is 15.9 Å². The molecule has 0 spiro atoms. The van der Waals surface area contributed by atoms with Gasteiger partial charge in [-0.15, -0.1) is 0 Å². The van der Waals surface area contributed by atoms with Gasteiger partial charge in [-0.25, -0.2) is 9.18 Å². The molecule has 0 bridgehead atoms. The van der Waals surface area contributed by atoms with Crippen molar-refractivity contribution in [1.29, 1.82) is 5.26 Å². The summed E-state index contributed by atoms with van der Waals surface area (Å²) in [5.74, 6) is -1.80. The van der Waals surface area contributed by atoms with E-state index in [0.29, 0.717) is 5.69 Å². The van der Waals surface area contributed by atoms with Gasteiger partial charge >= 0.3 is 5.97 Å². The van der Waals surface area contributed by atoms with E-state index in [1.54, 1.807) is 30.3 Å². The number of hydrogen-bond donors (Lipinski definition) is 0. The number of benzene rings is 2. The summed E-state index contributed by atoms with van der Waals surface area (Å²) >= 11 is 3.07. The molecule has 0 unspecified atom stereocenters. The maximum absolute atomic E-state index is 13.0. The van der Waals surface area contributed by atoms with Crippen molar-refractivity contribution >= 4 is 33.5 Å². The lowest BCUT2D eigenvalue weighted by Gasteiger charge is -2.19. The Hall–Kier alpha value is -2.72. The first-order chi connectivity index (χ1) is 11.5. The predicted molar refractivity (Wildman–Crippen MR) is 88.8 cm³/mol. The number of amides is 1. The van der Waals surface area contributed by atoms with E-state index in [-0.39, 0.29) is 16.6 Å². The van der Waals surface area contributed by atoms with Crippen LogP contribution in [0.4, 0.5) is 10.1 Å². The Bertz CT molecular complexity index is 790. The Kier molecular flexibility index (Phi) is 6.04. The minimum absolute atomic E-state index is 0.107. The van der Waals surface area contributed by atoms with Crippen molar-refractivity contribution in [2.24, 2.45) is 0 Å².